The molecule has 3 rings (SSSR count). The summed E-state index contributed by atoms with van der Waals surface area (Å²) in [5.74, 6) is 0.728. The third-order valence-corrected chi connectivity index (χ3v) is 3.34. The van der Waals surface area contributed by atoms with E-state index in [-0.39, 0.29) is 5.91 Å². The molecule has 4 nitrogen and oxygen atoms in total. The number of carbonyl (C=O) groups excluding carboxylic acids is 1. The predicted molar refractivity (Wildman–Crippen MR) is 84.7 cm³/mol. The van der Waals surface area contributed by atoms with Crippen molar-refractivity contribution in [2.45, 2.75) is 20.8 Å². The Morgan fingerprint density at radius 2 is 1.76 bits per heavy atom. The lowest BCUT2D eigenvalue weighted by atomic mass is 10.1. The van der Waals surface area contributed by atoms with E-state index < -0.39 is 0 Å². The van der Waals surface area contributed by atoms with E-state index in [4.69, 9.17) is 0 Å². The Bertz CT molecular complexity index is 813. The second-order valence-corrected chi connectivity index (χ2v) is 5.38. The van der Waals surface area contributed by atoms with Gasteiger partial charge in [-0.05, 0) is 62.2 Å². The van der Waals surface area contributed by atoms with E-state index in [2.05, 4.69) is 21.4 Å². The quantitative estimate of drug-likeness (QED) is 0.750. The molecule has 2 N–H and O–H groups in total. The molecule has 1 amide bonds. The second kappa shape index (κ2) is 5.05. The van der Waals surface area contributed by atoms with Crippen LogP contribution in [0.5, 0.6) is 0 Å². The van der Waals surface area contributed by atoms with Crippen molar-refractivity contribution in [1.82, 2.24) is 9.97 Å². The maximum absolute atomic E-state index is 12.3. The number of aromatic nitrogens is 2. The molecule has 106 valence electrons. The number of aromatic amines is 1. The first kappa shape index (κ1) is 13.4. The van der Waals surface area contributed by atoms with Crippen LogP contribution >= 0.6 is 0 Å². The molecule has 1 aromatic heterocycles. The molecule has 0 aliphatic carbocycles. The van der Waals surface area contributed by atoms with Gasteiger partial charge in [-0.3, -0.25) is 4.79 Å². The molecule has 0 aliphatic rings. The fourth-order valence-electron chi connectivity index (χ4n) is 2.53. The summed E-state index contributed by atoms with van der Waals surface area (Å²) in [5.41, 5.74) is 5.44. The molecule has 0 saturated heterocycles. The van der Waals surface area contributed by atoms with Gasteiger partial charge in [-0.1, -0.05) is 6.07 Å². The van der Waals surface area contributed by atoms with Gasteiger partial charge in [-0.2, -0.15) is 0 Å². The lowest BCUT2D eigenvalue weighted by Gasteiger charge is -2.07. The summed E-state index contributed by atoms with van der Waals surface area (Å²) in [6, 6.07) is 11.5. The number of rotatable bonds is 2. The summed E-state index contributed by atoms with van der Waals surface area (Å²) >= 11 is 0. The predicted octanol–water partition coefficient (Wildman–Crippen LogP) is 3.74. The number of aryl methyl sites for hydroxylation is 3. The third kappa shape index (κ3) is 2.79. The van der Waals surface area contributed by atoms with Crippen molar-refractivity contribution < 1.29 is 4.79 Å². The van der Waals surface area contributed by atoms with Crippen molar-refractivity contribution in [3.05, 3.63) is 58.9 Å². The largest absolute Gasteiger partial charge is 0.342 e. The maximum Gasteiger partial charge on any atom is 0.255 e. The molecule has 1 heterocycles. The highest BCUT2D eigenvalue weighted by Crippen LogP contribution is 2.17. The number of amides is 1. The highest BCUT2D eigenvalue weighted by molar-refractivity contribution is 6.06. The van der Waals surface area contributed by atoms with Gasteiger partial charge < -0.3 is 10.3 Å². The summed E-state index contributed by atoms with van der Waals surface area (Å²) in [5, 5.41) is 2.94. The van der Waals surface area contributed by atoms with Gasteiger partial charge in [0.2, 0.25) is 0 Å². The van der Waals surface area contributed by atoms with E-state index in [0.29, 0.717) is 5.56 Å². The van der Waals surface area contributed by atoms with Crippen LogP contribution in [0.15, 0.2) is 36.4 Å². The van der Waals surface area contributed by atoms with Gasteiger partial charge in [0.1, 0.15) is 5.82 Å². The minimum absolute atomic E-state index is 0.117. The smallest absolute Gasteiger partial charge is 0.255 e. The molecule has 0 unspecified atom stereocenters. The van der Waals surface area contributed by atoms with Gasteiger partial charge in [-0.15, -0.1) is 0 Å². The van der Waals surface area contributed by atoms with Crippen molar-refractivity contribution in [3.63, 3.8) is 0 Å². The number of hydrogen-bond donors (Lipinski definition) is 2. The molecule has 4 heteroatoms. The number of imidazole rings is 1. The first-order chi connectivity index (χ1) is 10.0. The van der Waals surface area contributed by atoms with Gasteiger partial charge in [0, 0.05) is 11.3 Å². The molecule has 0 spiro atoms. The zero-order valence-electron chi connectivity index (χ0n) is 12.3. The molecule has 0 bridgehead atoms. The summed E-state index contributed by atoms with van der Waals surface area (Å²) in [6.45, 7) is 5.93. The SMILES string of the molecule is Cc1cc(C)cc(NC(=O)c2ccc3nc(C)[nH]c3c2)c1. The van der Waals surface area contributed by atoms with Crippen LogP contribution in [0.25, 0.3) is 11.0 Å². The average molecular weight is 279 g/mol. The monoisotopic (exact) mass is 279 g/mol. The molecular formula is C17H17N3O. The Labute approximate surface area is 123 Å². The average Bonchev–Trinajstić information content (AvgIpc) is 2.76. The van der Waals surface area contributed by atoms with Gasteiger partial charge in [0.05, 0.1) is 11.0 Å². The first-order valence-electron chi connectivity index (χ1n) is 6.87. The zero-order valence-corrected chi connectivity index (χ0v) is 12.3. The van der Waals surface area contributed by atoms with Gasteiger partial charge in [0.15, 0.2) is 0 Å². The van der Waals surface area contributed by atoms with Crippen LogP contribution in [0.3, 0.4) is 0 Å². The van der Waals surface area contributed by atoms with Crippen molar-refractivity contribution in [2.75, 3.05) is 5.32 Å². The highest BCUT2D eigenvalue weighted by atomic mass is 16.1. The van der Waals surface area contributed by atoms with Gasteiger partial charge >= 0.3 is 0 Å². The van der Waals surface area contributed by atoms with E-state index in [1.807, 2.05) is 45.0 Å². The molecule has 0 saturated carbocycles. The fourth-order valence-corrected chi connectivity index (χ4v) is 2.53. The van der Waals surface area contributed by atoms with Crippen molar-refractivity contribution in [3.8, 4) is 0 Å². The third-order valence-electron chi connectivity index (χ3n) is 3.34. The van der Waals surface area contributed by atoms with Gasteiger partial charge in [0.25, 0.3) is 5.91 Å². The van der Waals surface area contributed by atoms with E-state index >= 15 is 0 Å². The van der Waals surface area contributed by atoms with Crippen LogP contribution < -0.4 is 5.32 Å². The Hall–Kier alpha value is -2.62. The van der Waals surface area contributed by atoms with Crippen LogP contribution in [0.4, 0.5) is 5.69 Å². The highest BCUT2D eigenvalue weighted by Gasteiger charge is 2.09. The topological polar surface area (TPSA) is 57.8 Å². The summed E-state index contributed by atoms with van der Waals surface area (Å²) in [4.78, 5) is 19.8. The van der Waals surface area contributed by atoms with Crippen molar-refractivity contribution >= 4 is 22.6 Å². The number of anilines is 1. The standard InChI is InChI=1S/C17H17N3O/c1-10-6-11(2)8-14(7-10)20-17(21)13-4-5-15-16(9-13)19-12(3)18-15/h4-9H,1-3H3,(H,18,19)(H,20,21). The van der Waals surface area contributed by atoms with E-state index in [0.717, 1.165) is 33.7 Å². The van der Waals surface area contributed by atoms with Crippen molar-refractivity contribution in [2.24, 2.45) is 0 Å². The number of H-pyrrole nitrogens is 1. The molecule has 21 heavy (non-hydrogen) atoms. The fraction of sp³-hybridized carbons (Fsp3) is 0.176. The Morgan fingerprint density at radius 3 is 2.48 bits per heavy atom. The van der Waals surface area contributed by atoms with E-state index in [1.165, 1.54) is 0 Å². The molecule has 2 aromatic carbocycles. The lowest BCUT2D eigenvalue weighted by molar-refractivity contribution is 0.102. The molecule has 0 fully saturated rings. The normalized spacial score (nSPS) is 10.8. The van der Waals surface area contributed by atoms with Crippen LogP contribution in [-0.2, 0) is 0 Å². The van der Waals surface area contributed by atoms with Crippen LogP contribution in [-0.4, -0.2) is 15.9 Å². The minimum Gasteiger partial charge on any atom is -0.342 e. The van der Waals surface area contributed by atoms with Crippen molar-refractivity contribution in [1.29, 1.82) is 0 Å². The minimum atomic E-state index is -0.117. The summed E-state index contributed by atoms with van der Waals surface area (Å²) in [7, 11) is 0. The number of fused-ring (bicyclic) bond motifs is 1. The number of benzene rings is 2. The molecule has 0 aliphatic heterocycles. The second-order valence-electron chi connectivity index (χ2n) is 5.38. The van der Waals surface area contributed by atoms with Gasteiger partial charge in [-0.25, -0.2) is 4.98 Å². The molecule has 3 aromatic rings. The Balaban J connectivity index is 1.89. The number of carbonyl (C=O) groups is 1. The summed E-state index contributed by atoms with van der Waals surface area (Å²) < 4.78 is 0. The molecular weight excluding hydrogens is 262 g/mol. The number of nitrogens with one attached hydrogen (secondary N) is 2. The molecule has 0 radical (unpaired) electrons. The summed E-state index contributed by atoms with van der Waals surface area (Å²) in [6.07, 6.45) is 0. The van der Waals surface area contributed by atoms with Crippen LogP contribution in [0, 0.1) is 20.8 Å². The number of nitrogens with zero attached hydrogens (tertiary/aromatic N) is 1. The van der Waals surface area contributed by atoms with Crippen LogP contribution in [0.2, 0.25) is 0 Å². The zero-order chi connectivity index (χ0) is 15.0. The maximum atomic E-state index is 12.3. The van der Waals surface area contributed by atoms with Crippen LogP contribution in [0.1, 0.15) is 27.3 Å². The van der Waals surface area contributed by atoms with E-state index in [9.17, 15) is 4.79 Å². The Kier molecular flexibility index (Phi) is 3.22. The lowest BCUT2D eigenvalue weighted by Crippen LogP contribution is -2.12. The van der Waals surface area contributed by atoms with E-state index in [1.54, 1.807) is 6.07 Å². The Morgan fingerprint density at radius 1 is 1.05 bits per heavy atom. The number of hydrogen-bond acceptors (Lipinski definition) is 2. The molecule has 0 atom stereocenters. The first-order valence-corrected chi connectivity index (χ1v) is 6.87.